The first-order valence-electron chi connectivity index (χ1n) is 6.43. The van der Waals surface area contributed by atoms with Gasteiger partial charge in [0, 0.05) is 6.54 Å². The number of nitrogens with two attached hydrogens (primary N) is 1. The molecule has 0 saturated heterocycles. The molecule has 2 rings (SSSR count). The molecule has 0 spiro atoms. The van der Waals surface area contributed by atoms with Crippen LogP contribution in [0.5, 0.6) is 0 Å². The standard InChI is InChI=1S/C12H20N4O2/c1-2-16-11(8(13)7-14-16)12(18)15-9-5-3-4-6-10(9)17/h7,9-10,17H,2-6,13H2,1H3,(H,15,18)/t9-,10-/m1/s1. The lowest BCUT2D eigenvalue weighted by Crippen LogP contribution is -2.45. The van der Waals surface area contributed by atoms with E-state index in [1.54, 1.807) is 4.68 Å². The Bertz CT molecular complexity index is 430. The van der Waals surface area contributed by atoms with E-state index in [4.69, 9.17) is 5.73 Å². The molecule has 1 amide bonds. The van der Waals surface area contributed by atoms with Crippen LogP contribution in [-0.4, -0.2) is 32.9 Å². The minimum absolute atomic E-state index is 0.175. The maximum absolute atomic E-state index is 12.2. The number of aromatic nitrogens is 2. The maximum Gasteiger partial charge on any atom is 0.272 e. The molecule has 1 aromatic rings. The number of hydrogen-bond donors (Lipinski definition) is 3. The zero-order valence-electron chi connectivity index (χ0n) is 10.6. The molecule has 6 heteroatoms. The minimum atomic E-state index is -0.457. The first kappa shape index (κ1) is 12.9. The van der Waals surface area contributed by atoms with E-state index in [0.717, 1.165) is 25.7 Å². The van der Waals surface area contributed by atoms with Gasteiger partial charge in [0.15, 0.2) is 0 Å². The van der Waals surface area contributed by atoms with Gasteiger partial charge in [-0.2, -0.15) is 5.10 Å². The first-order chi connectivity index (χ1) is 8.63. The summed E-state index contributed by atoms with van der Waals surface area (Å²) in [6.45, 7) is 2.49. The summed E-state index contributed by atoms with van der Waals surface area (Å²) in [7, 11) is 0. The smallest absolute Gasteiger partial charge is 0.272 e. The van der Waals surface area contributed by atoms with E-state index in [9.17, 15) is 9.90 Å². The van der Waals surface area contributed by atoms with Crippen molar-refractivity contribution in [2.75, 3.05) is 5.73 Å². The molecule has 100 valence electrons. The number of carbonyl (C=O) groups is 1. The number of aliphatic hydroxyl groups is 1. The van der Waals surface area contributed by atoms with Crippen molar-refractivity contribution in [1.82, 2.24) is 15.1 Å². The Morgan fingerprint density at radius 2 is 2.33 bits per heavy atom. The van der Waals surface area contributed by atoms with Gasteiger partial charge in [-0.05, 0) is 19.8 Å². The first-order valence-corrected chi connectivity index (χ1v) is 6.43. The van der Waals surface area contributed by atoms with Crippen molar-refractivity contribution in [2.24, 2.45) is 0 Å². The highest BCUT2D eigenvalue weighted by molar-refractivity contribution is 5.97. The van der Waals surface area contributed by atoms with E-state index in [1.807, 2.05) is 6.92 Å². The molecule has 18 heavy (non-hydrogen) atoms. The number of nitrogens with one attached hydrogen (secondary N) is 1. The highest BCUT2D eigenvalue weighted by Gasteiger charge is 2.26. The minimum Gasteiger partial charge on any atom is -0.396 e. The number of nitrogens with zero attached hydrogens (tertiary/aromatic N) is 2. The van der Waals surface area contributed by atoms with Gasteiger partial charge in [0.1, 0.15) is 5.69 Å². The van der Waals surface area contributed by atoms with Gasteiger partial charge in [-0.25, -0.2) is 0 Å². The van der Waals surface area contributed by atoms with E-state index in [1.165, 1.54) is 6.20 Å². The van der Waals surface area contributed by atoms with E-state index < -0.39 is 6.10 Å². The number of anilines is 1. The average molecular weight is 252 g/mol. The molecule has 1 fully saturated rings. The van der Waals surface area contributed by atoms with Crippen LogP contribution in [0.2, 0.25) is 0 Å². The normalized spacial score (nSPS) is 23.9. The summed E-state index contributed by atoms with van der Waals surface area (Å²) >= 11 is 0. The Morgan fingerprint density at radius 1 is 1.61 bits per heavy atom. The van der Waals surface area contributed by atoms with E-state index in [0.29, 0.717) is 17.9 Å². The van der Waals surface area contributed by atoms with E-state index >= 15 is 0 Å². The molecule has 0 radical (unpaired) electrons. The predicted octanol–water partition coefficient (Wildman–Crippen LogP) is 0.518. The van der Waals surface area contributed by atoms with Crippen molar-refractivity contribution in [3.05, 3.63) is 11.9 Å². The van der Waals surface area contributed by atoms with E-state index in [-0.39, 0.29) is 11.9 Å². The number of carbonyl (C=O) groups excluding carboxylic acids is 1. The number of amides is 1. The predicted molar refractivity (Wildman–Crippen MR) is 68.0 cm³/mol. The fraction of sp³-hybridized carbons (Fsp3) is 0.667. The van der Waals surface area contributed by atoms with Crippen LogP contribution in [0.4, 0.5) is 5.69 Å². The lowest BCUT2D eigenvalue weighted by atomic mass is 9.92. The van der Waals surface area contributed by atoms with Crippen LogP contribution < -0.4 is 11.1 Å². The Balaban J connectivity index is 2.09. The van der Waals surface area contributed by atoms with Crippen LogP contribution in [0.1, 0.15) is 43.1 Å². The van der Waals surface area contributed by atoms with Crippen molar-refractivity contribution in [1.29, 1.82) is 0 Å². The van der Waals surface area contributed by atoms with Gasteiger partial charge in [-0.1, -0.05) is 12.8 Å². The molecule has 4 N–H and O–H groups in total. The molecule has 6 nitrogen and oxygen atoms in total. The lowest BCUT2D eigenvalue weighted by Gasteiger charge is -2.28. The number of aliphatic hydroxyl groups excluding tert-OH is 1. The number of rotatable bonds is 3. The van der Waals surface area contributed by atoms with Crippen molar-refractivity contribution in [3.63, 3.8) is 0 Å². The second-order valence-electron chi connectivity index (χ2n) is 4.70. The molecule has 0 aliphatic heterocycles. The summed E-state index contributed by atoms with van der Waals surface area (Å²) in [5.41, 5.74) is 6.51. The van der Waals surface area contributed by atoms with Crippen LogP contribution in [0.25, 0.3) is 0 Å². The third-order valence-electron chi connectivity index (χ3n) is 3.43. The molecule has 0 aromatic carbocycles. The number of aryl methyl sites for hydroxylation is 1. The molecule has 1 heterocycles. The third kappa shape index (κ3) is 2.48. The quantitative estimate of drug-likeness (QED) is 0.731. The van der Waals surface area contributed by atoms with Gasteiger partial charge in [0.05, 0.1) is 24.0 Å². The molecule has 1 aliphatic rings. The van der Waals surface area contributed by atoms with Gasteiger partial charge in [0.25, 0.3) is 5.91 Å². The monoisotopic (exact) mass is 252 g/mol. The van der Waals surface area contributed by atoms with Crippen LogP contribution in [-0.2, 0) is 6.54 Å². The molecule has 2 atom stereocenters. The molecule has 0 unspecified atom stereocenters. The number of nitrogen functional groups attached to an aromatic ring is 1. The van der Waals surface area contributed by atoms with Crippen molar-refractivity contribution >= 4 is 11.6 Å². The molecule has 1 aromatic heterocycles. The van der Waals surface area contributed by atoms with Gasteiger partial charge in [-0.15, -0.1) is 0 Å². The van der Waals surface area contributed by atoms with Gasteiger partial charge in [-0.3, -0.25) is 9.48 Å². The van der Waals surface area contributed by atoms with Crippen molar-refractivity contribution in [3.8, 4) is 0 Å². The topological polar surface area (TPSA) is 93.2 Å². The SMILES string of the molecule is CCn1ncc(N)c1C(=O)N[C@@H]1CCCC[C@H]1O. The summed E-state index contributed by atoms with van der Waals surface area (Å²) < 4.78 is 1.57. The van der Waals surface area contributed by atoms with Crippen LogP contribution in [0, 0.1) is 0 Å². The molecule has 1 aliphatic carbocycles. The Kier molecular flexibility index (Phi) is 3.86. The second-order valence-corrected chi connectivity index (χ2v) is 4.70. The van der Waals surface area contributed by atoms with Crippen LogP contribution >= 0.6 is 0 Å². The fourth-order valence-electron chi connectivity index (χ4n) is 2.40. The number of hydrogen-bond acceptors (Lipinski definition) is 4. The van der Waals surface area contributed by atoms with Crippen molar-refractivity contribution < 1.29 is 9.90 Å². The third-order valence-corrected chi connectivity index (χ3v) is 3.43. The van der Waals surface area contributed by atoms with Gasteiger partial charge in [0.2, 0.25) is 0 Å². The van der Waals surface area contributed by atoms with Crippen molar-refractivity contribution in [2.45, 2.75) is 51.3 Å². The zero-order valence-corrected chi connectivity index (χ0v) is 10.6. The molecule has 1 saturated carbocycles. The summed E-state index contributed by atoms with van der Waals surface area (Å²) in [6.07, 6.45) is 4.63. The molecular formula is C12H20N4O2. The zero-order chi connectivity index (χ0) is 13.1. The van der Waals surface area contributed by atoms with Crippen LogP contribution in [0.3, 0.4) is 0 Å². The molecule has 0 bridgehead atoms. The summed E-state index contributed by atoms with van der Waals surface area (Å²) in [6, 6.07) is -0.175. The highest BCUT2D eigenvalue weighted by Crippen LogP contribution is 2.19. The maximum atomic E-state index is 12.2. The molecular weight excluding hydrogens is 232 g/mol. The average Bonchev–Trinajstić information content (AvgIpc) is 2.73. The Hall–Kier alpha value is -1.56. The summed E-state index contributed by atoms with van der Waals surface area (Å²) in [4.78, 5) is 12.2. The van der Waals surface area contributed by atoms with E-state index in [2.05, 4.69) is 10.4 Å². The van der Waals surface area contributed by atoms with Gasteiger partial charge < -0.3 is 16.2 Å². The highest BCUT2D eigenvalue weighted by atomic mass is 16.3. The second kappa shape index (κ2) is 5.39. The largest absolute Gasteiger partial charge is 0.396 e. The lowest BCUT2D eigenvalue weighted by molar-refractivity contribution is 0.0710. The summed E-state index contributed by atoms with van der Waals surface area (Å²) in [5, 5.41) is 16.7. The van der Waals surface area contributed by atoms with Gasteiger partial charge >= 0.3 is 0 Å². The Morgan fingerprint density at radius 3 is 3.00 bits per heavy atom. The summed E-state index contributed by atoms with van der Waals surface area (Å²) in [5.74, 6) is -0.252. The fourth-order valence-corrected chi connectivity index (χ4v) is 2.40. The Labute approximate surface area is 106 Å². The van der Waals surface area contributed by atoms with Crippen LogP contribution in [0.15, 0.2) is 6.20 Å².